The predicted molar refractivity (Wildman–Crippen MR) is 55.2 cm³/mol. The van der Waals surface area contributed by atoms with Gasteiger partial charge in [-0.05, 0) is 43.0 Å². The first-order valence-electron chi connectivity index (χ1n) is 4.28. The lowest BCUT2D eigenvalue weighted by molar-refractivity contribution is 0.825. The summed E-state index contributed by atoms with van der Waals surface area (Å²) in [5, 5.41) is 3.58. The van der Waals surface area contributed by atoms with E-state index in [1.807, 2.05) is 25.1 Å². The van der Waals surface area contributed by atoms with Gasteiger partial charge in [0.1, 0.15) is 0 Å². The van der Waals surface area contributed by atoms with Gasteiger partial charge in [-0.1, -0.05) is 22.8 Å². The molecular weight excluding hydrogens is 186 g/mol. The van der Waals surface area contributed by atoms with Gasteiger partial charge in [0.2, 0.25) is 0 Å². The number of hydrogen-bond donors (Lipinski definition) is 0. The number of hydrogen-bond acceptors (Lipinski definition) is 2. The summed E-state index contributed by atoms with van der Waals surface area (Å²) in [7, 11) is 0. The van der Waals surface area contributed by atoms with Crippen LogP contribution in [0.1, 0.15) is 17.5 Å². The zero-order chi connectivity index (χ0) is 9.68. The van der Waals surface area contributed by atoms with Crippen LogP contribution in [0, 0.1) is 11.8 Å². The van der Waals surface area contributed by atoms with Crippen LogP contribution in [-0.4, -0.2) is 6.54 Å². The fourth-order valence-corrected chi connectivity index (χ4v) is 1.50. The summed E-state index contributed by atoms with van der Waals surface area (Å²) in [5.74, 6) is 0. The molecule has 0 aliphatic heterocycles. The minimum Gasteiger partial charge on any atom is -0.151 e. The van der Waals surface area contributed by atoms with E-state index in [4.69, 9.17) is 11.6 Å². The van der Waals surface area contributed by atoms with Crippen LogP contribution in [0.2, 0.25) is 5.02 Å². The Labute approximate surface area is 82.9 Å². The van der Waals surface area contributed by atoms with Crippen molar-refractivity contribution in [2.24, 2.45) is 5.18 Å². The molecule has 0 saturated carbocycles. The molecule has 1 aromatic rings. The molecule has 0 heterocycles. The van der Waals surface area contributed by atoms with Crippen LogP contribution in [0.3, 0.4) is 0 Å². The van der Waals surface area contributed by atoms with Gasteiger partial charge in [0.05, 0.1) is 6.54 Å². The minimum atomic E-state index is 0.391. The Kier molecular flexibility index (Phi) is 3.90. The monoisotopic (exact) mass is 197 g/mol. The third kappa shape index (κ3) is 3.15. The average Bonchev–Trinajstić information content (AvgIpc) is 2.09. The molecular formula is C10H12ClNO. The zero-order valence-corrected chi connectivity index (χ0v) is 8.34. The van der Waals surface area contributed by atoms with Gasteiger partial charge in [0.15, 0.2) is 0 Å². The van der Waals surface area contributed by atoms with Crippen molar-refractivity contribution in [1.29, 1.82) is 0 Å². The largest absolute Gasteiger partial charge is 0.151 e. The van der Waals surface area contributed by atoms with Gasteiger partial charge in [-0.2, -0.15) is 4.91 Å². The van der Waals surface area contributed by atoms with Crippen LogP contribution >= 0.6 is 11.6 Å². The first-order chi connectivity index (χ1) is 6.24. The molecule has 70 valence electrons. The Hall–Kier alpha value is -0.890. The van der Waals surface area contributed by atoms with Crippen molar-refractivity contribution in [2.45, 2.75) is 19.8 Å². The first kappa shape index (κ1) is 10.2. The maximum absolute atomic E-state index is 9.86. The van der Waals surface area contributed by atoms with Crippen molar-refractivity contribution in [1.82, 2.24) is 0 Å². The van der Waals surface area contributed by atoms with Crippen LogP contribution in [-0.2, 0) is 6.42 Å². The van der Waals surface area contributed by atoms with Gasteiger partial charge in [-0.25, -0.2) is 0 Å². The molecule has 0 aromatic heterocycles. The van der Waals surface area contributed by atoms with Crippen molar-refractivity contribution in [3.8, 4) is 0 Å². The molecule has 0 fully saturated rings. The Morgan fingerprint density at radius 2 is 2.23 bits per heavy atom. The van der Waals surface area contributed by atoms with Crippen molar-refractivity contribution in [2.75, 3.05) is 6.54 Å². The second kappa shape index (κ2) is 4.97. The third-order valence-corrected chi connectivity index (χ3v) is 2.24. The molecule has 0 aliphatic rings. The van der Waals surface area contributed by atoms with E-state index < -0.39 is 0 Å². The van der Waals surface area contributed by atoms with Crippen molar-refractivity contribution >= 4 is 11.6 Å². The van der Waals surface area contributed by atoms with E-state index in [0.29, 0.717) is 6.54 Å². The van der Waals surface area contributed by atoms with Crippen molar-refractivity contribution in [3.05, 3.63) is 39.3 Å². The lowest BCUT2D eigenvalue weighted by Gasteiger charge is -2.03. The molecule has 0 radical (unpaired) electrons. The number of nitrogens with zero attached hydrogens (tertiary/aromatic N) is 1. The summed E-state index contributed by atoms with van der Waals surface area (Å²) in [6, 6.07) is 5.81. The summed E-state index contributed by atoms with van der Waals surface area (Å²) in [6.45, 7) is 2.41. The normalized spacial score (nSPS) is 10.0. The smallest absolute Gasteiger partial charge is 0.0814 e. The lowest BCUT2D eigenvalue weighted by atomic mass is 10.0. The van der Waals surface area contributed by atoms with E-state index in [1.54, 1.807) is 0 Å². The molecule has 0 atom stereocenters. The number of aryl methyl sites for hydroxylation is 2. The predicted octanol–water partition coefficient (Wildman–Crippen LogP) is 3.35. The second-order valence-corrected chi connectivity index (χ2v) is 3.46. The van der Waals surface area contributed by atoms with E-state index in [1.165, 1.54) is 11.1 Å². The second-order valence-electron chi connectivity index (χ2n) is 3.03. The number of halogens is 1. The van der Waals surface area contributed by atoms with E-state index in [0.717, 1.165) is 17.9 Å². The van der Waals surface area contributed by atoms with Gasteiger partial charge >= 0.3 is 0 Å². The van der Waals surface area contributed by atoms with Crippen molar-refractivity contribution in [3.63, 3.8) is 0 Å². The van der Waals surface area contributed by atoms with Crippen LogP contribution < -0.4 is 0 Å². The van der Waals surface area contributed by atoms with E-state index >= 15 is 0 Å². The number of rotatable bonds is 4. The lowest BCUT2D eigenvalue weighted by Crippen LogP contribution is -1.91. The fraction of sp³-hybridized carbons (Fsp3) is 0.400. The highest BCUT2D eigenvalue weighted by molar-refractivity contribution is 6.30. The summed E-state index contributed by atoms with van der Waals surface area (Å²) in [4.78, 5) is 9.86. The molecule has 0 spiro atoms. The van der Waals surface area contributed by atoms with Crippen LogP contribution in [0.5, 0.6) is 0 Å². The van der Waals surface area contributed by atoms with Crippen LogP contribution in [0.25, 0.3) is 0 Å². The highest BCUT2D eigenvalue weighted by Crippen LogP contribution is 2.16. The molecule has 1 rings (SSSR count). The maximum Gasteiger partial charge on any atom is 0.0814 e. The Morgan fingerprint density at radius 1 is 1.46 bits per heavy atom. The van der Waals surface area contributed by atoms with E-state index in [2.05, 4.69) is 5.18 Å². The summed E-state index contributed by atoms with van der Waals surface area (Å²) in [6.07, 6.45) is 1.71. The molecule has 0 aliphatic carbocycles. The Balaban J connectivity index is 2.61. The molecule has 0 amide bonds. The topological polar surface area (TPSA) is 29.4 Å². The molecule has 0 unspecified atom stereocenters. The SMILES string of the molecule is Cc1cc(Cl)ccc1CCCN=O. The van der Waals surface area contributed by atoms with Gasteiger partial charge in [-0.3, -0.25) is 0 Å². The minimum absolute atomic E-state index is 0.391. The Morgan fingerprint density at radius 3 is 2.85 bits per heavy atom. The van der Waals surface area contributed by atoms with Gasteiger partial charge in [-0.15, -0.1) is 0 Å². The summed E-state index contributed by atoms with van der Waals surface area (Å²) in [5.41, 5.74) is 2.42. The van der Waals surface area contributed by atoms with Gasteiger partial charge in [0.25, 0.3) is 0 Å². The first-order valence-corrected chi connectivity index (χ1v) is 4.66. The number of benzene rings is 1. The highest BCUT2D eigenvalue weighted by atomic mass is 35.5. The van der Waals surface area contributed by atoms with E-state index in [9.17, 15) is 4.91 Å². The quantitative estimate of drug-likeness (QED) is 0.538. The average molecular weight is 198 g/mol. The van der Waals surface area contributed by atoms with Gasteiger partial charge in [0, 0.05) is 5.02 Å². The summed E-state index contributed by atoms with van der Waals surface area (Å²) >= 11 is 5.81. The molecule has 13 heavy (non-hydrogen) atoms. The van der Waals surface area contributed by atoms with Crippen molar-refractivity contribution < 1.29 is 0 Å². The highest BCUT2D eigenvalue weighted by Gasteiger charge is 1.98. The Bertz CT molecular complexity index is 299. The van der Waals surface area contributed by atoms with E-state index in [-0.39, 0.29) is 0 Å². The zero-order valence-electron chi connectivity index (χ0n) is 7.59. The molecule has 3 heteroatoms. The number of nitroso groups, excluding NO2 is 1. The van der Waals surface area contributed by atoms with Crippen LogP contribution in [0.4, 0.5) is 0 Å². The molecule has 2 nitrogen and oxygen atoms in total. The van der Waals surface area contributed by atoms with Crippen LogP contribution in [0.15, 0.2) is 23.4 Å². The molecule has 0 bridgehead atoms. The molecule has 1 aromatic carbocycles. The third-order valence-electron chi connectivity index (χ3n) is 2.00. The fourth-order valence-electron chi connectivity index (χ4n) is 1.27. The summed E-state index contributed by atoms with van der Waals surface area (Å²) < 4.78 is 0. The maximum atomic E-state index is 9.86. The van der Waals surface area contributed by atoms with Gasteiger partial charge < -0.3 is 0 Å². The molecule has 0 saturated heterocycles. The standard InChI is InChI=1S/C10H12ClNO/c1-8-7-10(11)5-4-9(8)3-2-6-12-13/h4-5,7H,2-3,6H2,1H3. The molecule has 0 N–H and O–H groups in total.